The third-order valence-electron chi connectivity index (χ3n) is 2.89. The number of carbonyl (C=O) groups is 2. The molecule has 0 atom stereocenters. The number of methoxy groups -OCH3 is 1. The molecule has 24 heavy (non-hydrogen) atoms. The number of non-ortho nitro benzene ring substituents is 1. The topological polar surface area (TPSA) is 95.7 Å². The fourth-order valence-electron chi connectivity index (χ4n) is 1.78. The van der Waals surface area contributed by atoms with Gasteiger partial charge in [0.15, 0.2) is 0 Å². The van der Waals surface area contributed by atoms with E-state index in [4.69, 9.17) is 27.9 Å². The van der Waals surface area contributed by atoms with Crippen molar-refractivity contribution in [2.24, 2.45) is 0 Å². The van der Waals surface area contributed by atoms with Gasteiger partial charge in [-0.05, 0) is 18.2 Å². The summed E-state index contributed by atoms with van der Waals surface area (Å²) in [4.78, 5) is 34.0. The summed E-state index contributed by atoms with van der Waals surface area (Å²) in [6.45, 7) is 0. The Hall–Kier alpha value is -2.64. The van der Waals surface area contributed by atoms with Crippen molar-refractivity contribution >= 4 is 40.8 Å². The lowest BCUT2D eigenvalue weighted by Crippen LogP contribution is -2.11. The van der Waals surface area contributed by atoms with Crippen LogP contribution in [0.1, 0.15) is 20.7 Å². The SMILES string of the molecule is COC(=O)c1cc(C(=O)Oc2ccc(Cl)c(Cl)c2)cc([N+](=O)[O-])c1. The van der Waals surface area contributed by atoms with Gasteiger partial charge in [0.1, 0.15) is 5.75 Å². The Morgan fingerprint density at radius 3 is 2.17 bits per heavy atom. The molecule has 0 N–H and O–H groups in total. The molecule has 0 aliphatic heterocycles. The molecule has 0 aromatic heterocycles. The van der Waals surface area contributed by atoms with Crippen LogP contribution in [0.2, 0.25) is 10.0 Å². The zero-order valence-electron chi connectivity index (χ0n) is 12.1. The van der Waals surface area contributed by atoms with E-state index in [0.29, 0.717) is 0 Å². The number of esters is 2. The van der Waals surface area contributed by atoms with Crippen molar-refractivity contribution in [2.75, 3.05) is 7.11 Å². The highest BCUT2D eigenvalue weighted by molar-refractivity contribution is 6.42. The molecule has 9 heteroatoms. The molecule has 0 heterocycles. The van der Waals surface area contributed by atoms with Gasteiger partial charge in [-0.25, -0.2) is 9.59 Å². The maximum atomic E-state index is 12.2. The van der Waals surface area contributed by atoms with E-state index >= 15 is 0 Å². The average molecular weight is 370 g/mol. The Morgan fingerprint density at radius 2 is 1.62 bits per heavy atom. The second-order valence-corrected chi connectivity index (χ2v) is 5.30. The first kappa shape index (κ1) is 17.7. The summed E-state index contributed by atoms with van der Waals surface area (Å²) in [5, 5.41) is 11.4. The Kier molecular flexibility index (Phi) is 5.38. The summed E-state index contributed by atoms with van der Waals surface area (Å²) >= 11 is 11.6. The van der Waals surface area contributed by atoms with E-state index in [1.54, 1.807) is 0 Å². The Labute approximate surface area is 145 Å². The standard InChI is InChI=1S/C15H9Cl2NO6/c1-23-14(19)8-4-9(6-10(5-8)18(21)22)15(20)24-11-2-3-12(16)13(17)7-11/h2-7H,1H3. The summed E-state index contributed by atoms with van der Waals surface area (Å²) in [5.41, 5.74) is -0.776. The molecule has 0 unspecified atom stereocenters. The fourth-order valence-corrected chi connectivity index (χ4v) is 2.06. The Morgan fingerprint density at radius 1 is 1.00 bits per heavy atom. The van der Waals surface area contributed by atoms with E-state index in [0.717, 1.165) is 25.3 Å². The van der Waals surface area contributed by atoms with Gasteiger partial charge in [0, 0.05) is 18.2 Å². The second-order valence-electron chi connectivity index (χ2n) is 4.48. The summed E-state index contributed by atoms with van der Waals surface area (Å²) in [6, 6.07) is 7.29. The van der Waals surface area contributed by atoms with Crippen LogP contribution in [0.4, 0.5) is 5.69 Å². The van der Waals surface area contributed by atoms with Crippen LogP contribution in [0.3, 0.4) is 0 Å². The molecular weight excluding hydrogens is 361 g/mol. The van der Waals surface area contributed by atoms with E-state index in [1.165, 1.54) is 18.2 Å². The molecule has 2 aromatic rings. The van der Waals surface area contributed by atoms with Crippen molar-refractivity contribution in [1.82, 2.24) is 0 Å². The van der Waals surface area contributed by atoms with E-state index in [1.807, 2.05) is 0 Å². The van der Waals surface area contributed by atoms with E-state index in [9.17, 15) is 19.7 Å². The molecule has 0 saturated carbocycles. The third kappa shape index (κ3) is 4.01. The van der Waals surface area contributed by atoms with E-state index in [-0.39, 0.29) is 26.9 Å². The number of hydrogen-bond donors (Lipinski definition) is 0. The minimum atomic E-state index is -0.901. The number of rotatable bonds is 4. The largest absolute Gasteiger partial charge is 0.465 e. The maximum absolute atomic E-state index is 12.2. The quantitative estimate of drug-likeness (QED) is 0.350. The van der Waals surface area contributed by atoms with Gasteiger partial charge in [-0.15, -0.1) is 0 Å². The van der Waals surface area contributed by atoms with Crippen molar-refractivity contribution in [2.45, 2.75) is 0 Å². The lowest BCUT2D eigenvalue weighted by molar-refractivity contribution is -0.384. The van der Waals surface area contributed by atoms with Crippen molar-refractivity contribution in [1.29, 1.82) is 0 Å². The van der Waals surface area contributed by atoms with Gasteiger partial charge >= 0.3 is 11.9 Å². The van der Waals surface area contributed by atoms with Gasteiger partial charge < -0.3 is 9.47 Å². The van der Waals surface area contributed by atoms with Crippen LogP contribution in [0, 0.1) is 10.1 Å². The maximum Gasteiger partial charge on any atom is 0.343 e. The molecule has 0 fully saturated rings. The fraction of sp³-hybridized carbons (Fsp3) is 0.0667. The highest BCUT2D eigenvalue weighted by Crippen LogP contribution is 2.27. The van der Waals surface area contributed by atoms with Crippen molar-refractivity contribution < 1.29 is 24.0 Å². The lowest BCUT2D eigenvalue weighted by atomic mass is 10.1. The molecule has 0 radical (unpaired) electrons. The molecule has 124 valence electrons. The van der Waals surface area contributed by atoms with Gasteiger partial charge in [0.2, 0.25) is 0 Å². The number of hydrogen-bond acceptors (Lipinski definition) is 6. The van der Waals surface area contributed by atoms with Crippen LogP contribution >= 0.6 is 23.2 Å². The number of carbonyl (C=O) groups excluding carboxylic acids is 2. The molecule has 0 bridgehead atoms. The van der Waals surface area contributed by atoms with Gasteiger partial charge in [-0.3, -0.25) is 10.1 Å². The van der Waals surface area contributed by atoms with Crippen LogP contribution in [0.25, 0.3) is 0 Å². The van der Waals surface area contributed by atoms with E-state index < -0.39 is 22.5 Å². The number of nitrogens with zero attached hydrogens (tertiary/aromatic N) is 1. The molecule has 0 saturated heterocycles. The van der Waals surface area contributed by atoms with Crippen LogP contribution in [-0.4, -0.2) is 24.0 Å². The van der Waals surface area contributed by atoms with Gasteiger partial charge in [-0.1, -0.05) is 23.2 Å². The Balaban J connectivity index is 2.37. The molecule has 0 amide bonds. The van der Waals surface area contributed by atoms with Crippen LogP contribution in [-0.2, 0) is 4.74 Å². The normalized spacial score (nSPS) is 10.1. The molecule has 7 nitrogen and oxygen atoms in total. The first-order valence-corrected chi connectivity index (χ1v) is 7.12. The molecule has 0 spiro atoms. The van der Waals surface area contributed by atoms with Crippen LogP contribution in [0.5, 0.6) is 5.75 Å². The summed E-state index contributed by atoms with van der Waals surface area (Å²) < 4.78 is 9.59. The zero-order valence-corrected chi connectivity index (χ0v) is 13.6. The summed E-state index contributed by atoms with van der Waals surface area (Å²) in [7, 11) is 1.12. The zero-order chi connectivity index (χ0) is 17.9. The lowest BCUT2D eigenvalue weighted by Gasteiger charge is -2.07. The molecule has 0 aliphatic rings. The first-order valence-electron chi connectivity index (χ1n) is 6.37. The van der Waals surface area contributed by atoms with Gasteiger partial charge in [0.05, 0.1) is 33.2 Å². The highest BCUT2D eigenvalue weighted by Gasteiger charge is 2.19. The molecule has 2 aromatic carbocycles. The van der Waals surface area contributed by atoms with Crippen LogP contribution in [0.15, 0.2) is 36.4 Å². The summed E-state index contributed by atoms with van der Waals surface area (Å²) in [5.74, 6) is -1.62. The molecule has 0 aliphatic carbocycles. The predicted octanol–water partition coefficient (Wildman–Crippen LogP) is 3.91. The predicted molar refractivity (Wildman–Crippen MR) is 85.9 cm³/mol. The monoisotopic (exact) mass is 369 g/mol. The van der Waals surface area contributed by atoms with Crippen molar-refractivity contribution in [3.8, 4) is 5.75 Å². The number of halogens is 2. The first-order chi connectivity index (χ1) is 11.3. The second kappa shape index (κ2) is 7.29. The van der Waals surface area contributed by atoms with Crippen molar-refractivity contribution in [3.63, 3.8) is 0 Å². The third-order valence-corrected chi connectivity index (χ3v) is 3.63. The van der Waals surface area contributed by atoms with Crippen molar-refractivity contribution in [3.05, 3.63) is 67.7 Å². The molecule has 2 rings (SSSR count). The number of benzene rings is 2. The average Bonchev–Trinajstić information content (AvgIpc) is 2.56. The minimum absolute atomic E-state index is 0.0977. The number of nitro benzene ring substituents is 1. The van der Waals surface area contributed by atoms with E-state index in [2.05, 4.69) is 4.74 Å². The number of nitro groups is 1. The number of ether oxygens (including phenoxy) is 2. The highest BCUT2D eigenvalue weighted by atomic mass is 35.5. The van der Waals surface area contributed by atoms with Crippen LogP contribution < -0.4 is 4.74 Å². The minimum Gasteiger partial charge on any atom is -0.465 e. The summed E-state index contributed by atoms with van der Waals surface area (Å²) in [6.07, 6.45) is 0. The van der Waals surface area contributed by atoms with Gasteiger partial charge in [-0.2, -0.15) is 0 Å². The Bertz CT molecular complexity index is 837. The van der Waals surface area contributed by atoms with Gasteiger partial charge in [0.25, 0.3) is 5.69 Å². The molecular formula is C15H9Cl2NO6. The smallest absolute Gasteiger partial charge is 0.343 e.